The summed E-state index contributed by atoms with van der Waals surface area (Å²) >= 11 is 0. The summed E-state index contributed by atoms with van der Waals surface area (Å²) < 4.78 is 17.6. The van der Waals surface area contributed by atoms with E-state index in [0.717, 1.165) is 89.9 Å². The molecule has 446 valence electrons. The monoisotopic (exact) mass is 1080 g/mol. The molecule has 0 radical (unpaired) electrons. The van der Waals surface area contributed by atoms with Gasteiger partial charge >= 0.3 is 5.97 Å². The number of amides is 1. The predicted octanol–water partition coefficient (Wildman–Crippen LogP) is 15.2. The van der Waals surface area contributed by atoms with Gasteiger partial charge in [0.2, 0.25) is 5.91 Å². The minimum atomic E-state index is -1.62. The molecule has 1 amide bonds. The Morgan fingerprint density at radius 1 is 0.506 bits per heavy atom. The highest BCUT2D eigenvalue weighted by Crippen LogP contribution is 2.26. The summed E-state index contributed by atoms with van der Waals surface area (Å²) in [6.45, 7) is 5.73. The molecule has 0 aromatic rings. The number of carbonyl (C=O) groups excluding carboxylic acids is 2. The second-order valence-corrected chi connectivity index (χ2v) is 21.8. The van der Waals surface area contributed by atoms with Crippen molar-refractivity contribution in [3.8, 4) is 0 Å². The number of rotatable bonds is 53. The summed E-state index contributed by atoms with van der Waals surface area (Å²) in [7, 11) is 0. The fourth-order valence-corrected chi connectivity index (χ4v) is 9.51. The number of unbranched alkanes of at least 4 members (excludes halogenated alkanes) is 29. The first-order valence-electron chi connectivity index (χ1n) is 31.7. The van der Waals surface area contributed by atoms with Crippen molar-refractivity contribution >= 4 is 11.9 Å². The molecule has 0 bridgehead atoms. The Hall–Kier alpha value is -2.90. The van der Waals surface area contributed by atoms with Crippen LogP contribution in [0.25, 0.3) is 0 Å². The van der Waals surface area contributed by atoms with E-state index >= 15 is 0 Å². The average molecular weight is 1080 g/mol. The molecule has 77 heavy (non-hydrogen) atoms. The highest BCUT2D eigenvalue weighted by molar-refractivity contribution is 5.80. The third-order valence-electron chi connectivity index (χ3n) is 14.6. The molecule has 8 unspecified atom stereocenters. The Labute approximate surface area is 471 Å². The van der Waals surface area contributed by atoms with Gasteiger partial charge in [-0.05, 0) is 96.3 Å². The normalized spacial score (nSPS) is 19.5. The van der Waals surface area contributed by atoms with Crippen LogP contribution in [0.2, 0.25) is 0 Å². The van der Waals surface area contributed by atoms with Crippen molar-refractivity contribution in [2.24, 2.45) is 0 Å². The molecule has 11 nitrogen and oxygen atoms in total. The number of hydrogen-bond donors (Lipinski definition) is 6. The number of ether oxygens (including phenoxy) is 3. The van der Waals surface area contributed by atoms with Crippen molar-refractivity contribution in [1.29, 1.82) is 0 Å². The molecular formula is C66H117NO10. The summed E-state index contributed by atoms with van der Waals surface area (Å²) in [5.41, 5.74) is 0. The summed E-state index contributed by atoms with van der Waals surface area (Å²) in [4.78, 5) is 26.5. The van der Waals surface area contributed by atoms with Crippen LogP contribution in [-0.4, -0.2) is 99.6 Å². The van der Waals surface area contributed by atoms with E-state index in [2.05, 4.69) is 86.8 Å². The maximum Gasteiger partial charge on any atom is 0.306 e. The molecular weight excluding hydrogens is 967 g/mol. The molecule has 1 saturated heterocycles. The van der Waals surface area contributed by atoms with Crippen LogP contribution in [0.4, 0.5) is 0 Å². The van der Waals surface area contributed by atoms with Crippen LogP contribution in [0.1, 0.15) is 271 Å². The third kappa shape index (κ3) is 41.7. The molecule has 1 rings (SSSR count). The second kappa shape index (κ2) is 53.7. The van der Waals surface area contributed by atoms with E-state index in [0.29, 0.717) is 12.8 Å². The van der Waals surface area contributed by atoms with Gasteiger partial charge in [0.15, 0.2) is 12.4 Å². The minimum Gasteiger partial charge on any atom is -0.454 e. The summed E-state index contributed by atoms with van der Waals surface area (Å²) in [5.74, 6) is -1.22. The number of aliphatic hydroxyl groups is 5. The molecule has 1 aliphatic heterocycles. The van der Waals surface area contributed by atoms with Crippen LogP contribution in [0.15, 0.2) is 72.9 Å². The summed E-state index contributed by atoms with van der Waals surface area (Å²) in [6, 6.07) is -1.03. The standard InChI is InChI=1S/C66H117NO10/c1-4-7-10-13-16-19-22-24-25-26-27-28-29-30-31-32-33-34-35-36-39-42-45-48-51-54-61(71)77-64-63(73)62(72)60(55-68)76-66(64)75-56-57(58(69)52-49-46-43-40-37-21-18-15-12-9-6-3)67-65(74)59(70)53-50-47-44-41-38-23-20-17-14-11-8-5-2/h16,19,24-25,27-28,30-31,38,41,49,52,57-60,62-64,66,68-70,72-73H,4-15,17-18,20-23,26,29,32-37,39-40,42-48,50-51,53-56H2,1-3H3,(H,67,74)/b19-16-,25-24-,28-27-,31-30-,41-38-,52-49+. The van der Waals surface area contributed by atoms with Crippen molar-refractivity contribution in [3.05, 3.63) is 72.9 Å². The van der Waals surface area contributed by atoms with E-state index in [1.54, 1.807) is 6.08 Å². The van der Waals surface area contributed by atoms with Crippen molar-refractivity contribution in [3.63, 3.8) is 0 Å². The van der Waals surface area contributed by atoms with E-state index < -0.39 is 67.4 Å². The molecule has 0 aromatic carbocycles. The maximum atomic E-state index is 13.4. The van der Waals surface area contributed by atoms with Gasteiger partial charge in [-0.3, -0.25) is 9.59 Å². The molecule has 0 spiro atoms. The topological polar surface area (TPSA) is 175 Å². The molecule has 11 heteroatoms. The lowest BCUT2D eigenvalue weighted by atomic mass is 9.99. The van der Waals surface area contributed by atoms with Crippen molar-refractivity contribution in [2.45, 2.75) is 320 Å². The van der Waals surface area contributed by atoms with Crippen LogP contribution in [0.5, 0.6) is 0 Å². The fraction of sp³-hybridized carbons (Fsp3) is 0.788. The number of aliphatic hydroxyl groups excluding tert-OH is 5. The first kappa shape index (κ1) is 72.1. The van der Waals surface area contributed by atoms with Crippen LogP contribution < -0.4 is 5.32 Å². The number of nitrogens with one attached hydrogen (secondary N) is 1. The smallest absolute Gasteiger partial charge is 0.306 e. The Balaban J connectivity index is 2.60. The highest BCUT2D eigenvalue weighted by atomic mass is 16.7. The van der Waals surface area contributed by atoms with E-state index in [-0.39, 0.29) is 19.4 Å². The SMILES string of the molecule is CCCCC/C=C\C/C=C\C/C=C\C/C=C\CCCCCCCCCCCC(=O)OC1C(OCC(NC(=O)C(O)CCCC/C=C\CCCCCCCC)C(O)/C=C/CCCCCCCCCCC)OC(CO)C(O)C1O. The fourth-order valence-electron chi connectivity index (χ4n) is 9.51. The first-order chi connectivity index (χ1) is 37.7. The third-order valence-corrected chi connectivity index (χ3v) is 14.6. The van der Waals surface area contributed by atoms with Gasteiger partial charge in [0.05, 0.1) is 25.4 Å². The number of carbonyl (C=O) groups is 2. The van der Waals surface area contributed by atoms with Gasteiger partial charge in [0.25, 0.3) is 0 Å². The van der Waals surface area contributed by atoms with E-state index in [4.69, 9.17) is 14.2 Å². The molecule has 1 aliphatic rings. The summed E-state index contributed by atoms with van der Waals surface area (Å²) in [5, 5.41) is 56.9. The molecule has 0 aromatic heterocycles. The Bertz CT molecular complexity index is 1530. The Morgan fingerprint density at radius 3 is 1.38 bits per heavy atom. The van der Waals surface area contributed by atoms with Gasteiger partial charge in [-0.1, -0.05) is 241 Å². The van der Waals surface area contributed by atoms with Gasteiger partial charge in [0, 0.05) is 6.42 Å². The second-order valence-electron chi connectivity index (χ2n) is 21.8. The quantitative estimate of drug-likeness (QED) is 0.0195. The van der Waals surface area contributed by atoms with Crippen molar-refractivity contribution < 1.29 is 49.3 Å². The lowest BCUT2D eigenvalue weighted by Crippen LogP contribution is -2.61. The zero-order valence-corrected chi connectivity index (χ0v) is 49.3. The number of hydrogen-bond acceptors (Lipinski definition) is 10. The first-order valence-corrected chi connectivity index (χ1v) is 31.7. The van der Waals surface area contributed by atoms with Gasteiger partial charge in [0.1, 0.15) is 24.4 Å². The largest absolute Gasteiger partial charge is 0.454 e. The van der Waals surface area contributed by atoms with E-state index in [1.165, 1.54) is 135 Å². The minimum absolute atomic E-state index is 0.113. The molecule has 1 fully saturated rings. The lowest BCUT2D eigenvalue weighted by molar-refractivity contribution is -0.305. The van der Waals surface area contributed by atoms with Gasteiger partial charge in [-0.15, -0.1) is 0 Å². The number of esters is 1. The van der Waals surface area contributed by atoms with Crippen molar-refractivity contribution in [2.75, 3.05) is 13.2 Å². The van der Waals surface area contributed by atoms with Crippen LogP contribution in [-0.2, 0) is 23.8 Å². The van der Waals surface area contributed by atoms with Crippen LogP contribution in [0.3, 0.4) is 0 Å². The molecule has 0 aliphatic carbocycles. The lowest BCUT2D eigenvalue weighted by Gasteiger charge is -2.41. The van der Waals surface area contributed by atoms with Gasteiger partial charge in [-0.25, -0.2) is 0 Å². The number of allylic oxidation sites excluding steroid dienone is 11. The highest BCUT2D eigenvalue weighted by Gasteiger charge is 2.47. The molecule has 8 atom stereocenters. The zero-order valence-electron chi connectivity index (χ0n) is 49.3. The predicted molar refractivity (Wildman–Crippen MR) is 319 cm³/mol. The maximum absolute atomic E-state index is 13.4. The molecule has 6 N–H and O–H groups in total. The van der Waals surface area contributed by atoms with Crippen LogP contribution in [0, 0.1) is 0 Å². The van der Waals surface area contributed by atoms with E-state index in [1.807, 2.05) is 6.08 Å². The average Bonchev–Trinajstić information content (AvgIpc) is 3.43. The molecule has 1 heterocycles. The van der Waals surface area contributed by atoms with Gasteiger partial charge in [-0.2, -0.15) is 0 Å². The zero-order chi connectivity index (χ0) is 56.1. The summed E-state index contributed by atoms with van der Waals surface area (Å²) in [6.07, 6.45) is 58.1. The van der Waals surface area contributed by atoms with Crippen LogP contribution >= 0.6 is 0 Å². The Morgan fingerprint density at radius 2 is 0.896 bits per heavy atom. The van der Waals surface area contributed by atoms with E-state index in [9.17, 15) is 35.1 Å². The molecule has 0 saturated carbocycles. The van der Waals surface area contributed by atoms with Gasteiger partial charge < -0.3 is 45.1 Å². The Kier molecular flexibility index (Phi) is 50.3. The van der Waals surface area contributed by atoms with Crippen molar-refractivity contribution in [1.82, 2.24) is 5.32 Å².